The van der Waals surface area contributed by atoms with Crippen LogP contribution < -0.4 is 4.74 Å². The van der Waals surface area contributed by atoms with Crippen molar-refractivity contribution in [2.75, 3.05) is 13.2 Å². The summed E-state index contributed by atoms with van der Waals surface area (Å²) in [7, 11) is 0. The Bertz CT molecular complexity index is 955. The van der Waals surface area contributed by atoms with Crippen LogP contribution in [0, 0.1) is 6.92 Å². The molecule has 5 nitrogen and oxygen atoms in total. The maximum absolute atomic E-state index is 12.8. The lowest BCUT2D eigenvalue weighted by molar-refractivity contribution is -0.122. The van der Waals surface area contributed by atoms with E-state index < -0.39 is 0 Å². The van der Waals surface area contributed by atoms with Crippen molar-refractivity contribution >= 4 is 46.2 Å². The Hall–Kier alpha value is -2.44. The molecule has 1 fully saturated rings. The Morgan fingerprint density at radius 1 is 1.25 bits per heavy atom. The van der Waals surface area contributed by atoms with Gasteiger partial charge < -0.3 is 9.84 Å². The number of hydrogen-bond acceptors (Lipinski definition) is 5. The van der Waals surface area contributed by atoms with Crippen LogP contribution in [0.2, 0.25) is 5.02 Å². The van der Waals surface area contributed by atoms with Gasteiger partial charge in [0.25, 0.3) is 5.91 Å². The number of amidine groups is 1. The molecule has 1 amide bonds. The quantitative estimate of drug-likeness (QED) is 0.665. The first-order chi connectivity index (χ1) is 13.4. The molecule has 1 N–H and O–H groups in total. The first kappa shape index (κ1) is 20.3. The number of aliphatic imine (C=N–C) groups is 1. The number of amides is 1. The Kier molecular flexibility index (Phi) is 6.31. The number of benzene rings is 2. The van der Waals surface area contributed by atoms with Crippen molar-refractivity contribution in [1.29, 1.82) is 0 Å². The van der Waals surface area contributed by atoms with Crippen molar-refractivity contribution in [2.24, 2.45) is 4.99 Å². The highest BCUT2D eigenvalue weighted by atomic mass is 35.5. The van der Waals surface area contributed by atoms with Crippen molar-refractivity contribution < 1.29 is 14.6 Å². The van der Waals surface area contributed by atoms with Crippen LogP contribution in [0.1, 0.15) is 25.0 Å². The summed E-state index contributed by atoms with van der Waals surface area (Å²) in [6, 6.07) is 11.1. The molecule has 1 heterocycles. The fraction of sp³-hybridized carbons (Fsp3) is 0.238. The van der Waals surface area contributed by atoms with E-state index in [4.69, 9.17) is 16.3 Å². The lowest BCUT2D eigenvalue weighted by Crippen LogP contribution is -2.28. The summed E-state index contributed by atoms with van der Waals surface area (Å²) in [5, 5.41) is 10.8. The SMILES string of the molecule is CCOc1cc(/C=C2/SC(=Nc3ccc(C)cc3)N(CC)C2=O)cc(Cl)c1O. The van der Waals surface area contributed by atoms with Gasteiger partial charge in [0.05, 0.1) is 22.2 Å². The van der Waals surface area contributed by atoms with Crippen LogP contribution in [-0.2, 0) is 4.79 Å². The molecule has 0 radical (unpaired) electrons. The number of phenolic OH excluding ortho intramolecular Hbond substituents is 1. The molecule has 1 aliphatic heterocycles. The largest absolute Gasteiger partial charge is 0.503 e. The number of carbonyl (C=O) groups excluding carboxylic acids is 1. The van der Waals surface area contributed by atoms with Gasteiger partial charge in [0.2, 0.25) is 0 Å². The van der Waals surface area contributed by atoms with Crippen LogP contribution in [-0.4, -0.2) is 34.2 Å². The summed E-state index contributed by atoms with van der Waals surface area (Å²) < 4.78 is 5.41. The molecule has 2 aromatic rings. The number of phenols is 1. The molecule has 0 aromatic heterocycles. The fourth-order valence-electron chi connectivity index (χ4n) is 2.69. The van der Waals surface area contributed by atoms with E-state index in [1.54, 1.807) is 23.1 Å². The summed E-state index contributed by atoms with van der Waals surface area (Å²) in [5.74, 6) is 0.0755. The van der Waals surface area contributed by atoms with Gasteiger partial charge in [0.15, 0.2) is 16.7 Å². The van der Waals surface area contributed by atoms with Crippen LogP contribution in [0.15, 0.2) is 46.3 Å². The van der Waals surface area contributed by atoms with E-state index in [9.17, 15) is 9.90 Å². The summed E-state index contributed by atoms with van der Waals surface area (Å²) in [5.41, 5.74) is 2.63. The minimum Gasteiger partial charge on any atom is -0.503 e. The number of rotatable bonds is 5. The normalized spacial score (nSPS) is 17.0. The molecule has 146 valence electrons. The van der Waals surface area contributed by atoms with Gasteiger partial charge in [-0.3, -0.25) is 9.69 Å². The van der Waals surface area contributed by atoms with Crippen molar-refractivity contribution in [3.05, 3.63) is 57.5 Å². The van der Waals surface area contributed by atoms with Gasteiger partial charge in [-0.1, -0.05) is 29.3 Å². The first-order valence-electron chi connectivity index (χ1n) is 8.95. The number of halogens is 1. The zero-order chi connectivity index (χ0) is 20.3. The molecule has 0 saturated carbocycles. The van der Waals surface area contributed by atoms with E-state index in [0.717, 1.165) is 11.3 Å². The van der Waals surface area contributed by atoms with Gasteiger partial charge in [-0.25, -0.2) is 4.99 Å². The van der Waals surface area contributed by atoms with Crippen molar-refractivity contribution in [3.8, 4) is 11.5 Å². The second-order valence-corrected chi connectivity index (χ2v) is 7.59. The van der Waals surface area contributed by atoms with Crippen LogP contribution in [0.5, 0.6) is 11.5 Å². The van der Waals surface area contributed by atoms with Gasteiger partial charge >= 0.3 is 0 Å². The molecular formula is C21H21ClN2O3S. The van der Waals surface area contributed by atoms with Crippen molar-refractivity contribution in [2.45, 2.75) is 20.8 Å². The van der Waals surface area contributed by atoms with Gasteiger partial charge in [-0.15, -0.1) is 0 Å². The average Bonchev–Trinajstić information content (AvgIpc) is 2.95. The minimum absolute atomic E-state index is 0.104. The summed E-state index contributed by atoms with van der Waals surface area (Å²) >= 11 is 7.41. The van der Waals surface area contributed by atoms with E-state index in [0.29, 0.717) is 28.8 Å². The number of aryl methyl sites for hydroxylation is 1. The number of likely N-dealkylation sites (N-methyl/N-ethyl adjacent to an activating group) is 1. The second-order valence-electron chi connectivity index (χ2n) is 6.17. The number of carbonyl (C=O) groups is 1. The number of ether oxygens (including phenoxy) is 1. The topological polar surface area (TPSA) is 62.1 Å². The minimum atomic E-state index is -0.111. The number of nitrogens with zero attached hydrogens (tertiary/aromatic N) is 2. The molecule has 0 aliphatic carbocycles. The summed E-state index contributed by atoms with van der Waals surface area (Å²) in [6.07, 6.45) is 1.74. The average molecular weight is 417 g/mol. The Balaban J connectivity index is 1.95. The second kappa shape index (κ2) is 8.71. The van der Waals surface area contributed by atoms with Gasteiger partial charge in [-0.05, 0) is 68.4 Å². The summed E-state index contributed by atoms with van der Waals surface area (Å²) in [6.45, 7) is 6.67. The third kappa shape index (κ3) is 4.34. The fourth-order valence-corrected chi connectivity index (χ4v) is 3.98. The van der Waals surface area contributed by atoms with Crippen LogP contribution in [0.4, 0.5) is 5.69 Å². The molecular weight excluding hydrogens is 396 g/mol. The highest BCUT2D eigenvalue weighted by molar-refractivity contribution is 8.18. The zero-order valence-corrected chi connectivity index (χ0v) is 17.5. The molecule has 28 heavy (non-hydrogen) atoms. The van der Waals surface area contributed by atoms with Gasteiger partial charge in [0.1, 0.15) is 0 Å². The monoisotopic (exact) mass is 416 g/mol. The summed E-state index contributed by atoms with van der Waals surface area (Å²) in [4.78, 5) is 19.6. The highest BCUT2D eigenvalue weighted by Crippen LogP contribution is 2.38. The maximum atomic E-state index is 12.8. The zero-order valence-electron chi connectivity index (χ0n) is 15.9. The molecule has 0 bridgehead atoms. The molecule has 0 unspecified atom stereocenters. The van der Waals surface area contributed by atoms with Crippen molar-refractivity contribution in [3.63, 3.8) is 0 Å². The maximum Gasteiger partial charge on any atom is 0.266 e. The Morgan fingerprint density at radius 3 is 2.61 bits per heavy atom. The molecule has 3 rings (SSSR count). The molecule has 0 atom stereocenters. The standard InChI is InChI=1S/C21H21ClN2O3S/c1-4-24-20(26)18(28-21(24)23-15-8-6-13(3)7-9-15)12-14-10-16(22)19(25)17(11-14)27-5-2/h6-12,25H,4-5H2,1-3H3/b18-12+,23-21?. The van der Waals surface area contributed by atoms with E-state index >= 15 is 0 Å². The lowest BCUT2D eigenvalue weighted by Gasteiger charge is -2.12. The highest BCUT2D eigenvalue weighted by Gasteiger charge is 2.32. The molecule has 2 aromatic carbocycles. The third-order valence-electron chi connectivity index (χ3n) is 4.11. The number of thioether (sulfide) groups is 1. The third-order valence-corrected chi connectivity index (χ3v) is 5.41. The predicted molar refractivity (Wildman–Crippen MR) is 116 cm³/mol. The number of hydrogen-bond donors (Lipinski definition) is 1. The number of aromatic hydroxyl groups is 1. The lowest BCUT2D eigenvalue weighted by atomic mass is 10.2. The van der Waals surface area contributed by atoms with Crippen LogP contribution in [0.3, 0.4) is 0 Å². The van der Waals surface area contributed by atoms with E-state index in [1.807, 2.05) is 45.0 Å². The van der Waals surface area contributed by atoms with Gasteiger partial charge in [0, 0.05) is 6.54 Å². The molecule has 0 spiro atoms. The van der Waals surface area contributed by atoms with Crippen LogP contribution >= 0.6 is 23.4 Å². The van der Waals surface area contributed by atoms with E-state index in [2.05, 4.69) is 4.99 Å². The molecule has 1 aliphatic rings. The molecule has 1 saturated heterocycles. The Morgan fingerprint density at radius 2 is 1.96 bits per heavy atom. The first-order valence-corrected chi connectivity index (χ1v) is 10.1. The Labute approximate surface area is 173 Å². The molecule has 7 heteroatoms. The van der Waals surface area contributed by atoms with E-state index in [1.165, 1.54) is 11.8 Å². The smallest absolute Gasteiger partial charge is 0.266 e. The van der Waals surface area contributed by atoms with E-state index in [-0.39, 0.29) is 22.4 Å². The predicted octanol–water partition coefficient (Wildman–Crippen LogP) is 5.38. The van der Waals surface area contributed by atoms with Crippen molar-refractivity contribution in [1.82, 2.24) is 4.90 Å². The van der Waals surface area contributed by atoms with Gasteiger partial charge in [-0.2, -0.15) is 0 Å². The van der Waals surface area contributed by atoms with Crippen LogP contribution in [0.25, 0.3) is 6.08 Å².